The molecule has 0 radical (unpaired) electrons. The van der Waals surface area contributed by atoms with E-state index >= 15 is 0 Å². The molecule has 1 aromatic heterocycles. The van der Waals surface area contributed by atoms with Gasteiger partial charge in [-0.3, -0.25) is 4.79 Å². The Morgan fingerprint density at radius 3 is 2.44 bits per heavy atom. The van der Waals surface area contributed by atoms with Crippen LogP contribution in [0.5, 0.6) is 0 Å². The summed E-state index contributed by atoms with van der Waals surface area (Å²) in [5.74, 6) is -0.592. The molecule has 0 aliphatic carbocycles. The number of aromatic nitrogens is 1. The number of H-pyrrole nitrogens is 1. The van der Waals surface area contributed by atoms with E-state index in [1.165, 1.54) is 24.4 Å². The maximum absolute atomic E-state index is 14.3. The lowest BCUT2D eigenvalue weighted by atomic mass is 10.0. The predicted molar refractivity (Wildman–Crippen MR) is 96.3 cm³/mol. The minimum absolute atomic E-state index is 0.0456. The lowest BCUT2D eigenvalue weighted by Gasteiger charge is -2.13. The van der Waals surface area contributed by atoms with Gasteiger partial charge in [0.15, 0.2) is 0 Å². The second-order valence-electron chi connectivity index (χ2n) is 5.47. The minimum atomic E-state index is -0.592. The molecule has 0 atom stereocenters. The van der Waals surface area contributed by atoms with Gasteiger partial charge in [0.2, 0.25) is 0 Å². The van der Waals surface area contributed by atoms with Crippen LogP contribution in [0.25, 0.3) is 11.1 Å². The van der Waals surface area contributed by atoms with Gasteiger partial charge in [-0.15, -0.1) is 0 Å². The van der Waals surface area contributed by atoms with Gasteiger partial charge in [-0.05, 0) is 42.8 Å². The van der Waals surface area contributed by atoms with Crippen LogP contribution in [-0.4, -0.2) is 11.0 Å². The van der Waals surface area contributed by atoms with Crippen molar-refractivity contribution in [2.45, 2.75) is 6.92 Å². The molecule has 0 spiro atoms. The number of aromatic amines is 1. The summed E-state index contributed by atoms with van der Waals surface area (Å²) in [6.07, 6.45) is 1.46. The van der Waals surface area contributed by atoms with E-state index in [1.807, 2.05) is 19.1 Å². The van der Waals surface area contributed by atoms with Gasteiger partial charge in [-0.25, -0.2) is 9.18 Å². The van der Waals surface area contributed by atoms with Crippen LogP contribution in [0.15, 0.2) is 65.6 Å². The highest BCUT2D eigenvalue weighted by Crippen LogP contribution is 2.28. The van der Waals surface area contributed by atoms with Crippen molar-refractivity contribution in [3.63, 3.8) is 0 Å². The van der Waals surface area contributed by atoms with Crippen molar-refractivity contribution in [3.05, 3.63) is 82.5 Å². The number of hydrogen-bond donors (Lipinski definition) is 3. The molecule has 3 aromatic rings. The third kappa shape index (κ3) is 3.58. The quantitative estimate of drug-likeness (QED) is 0.672. The maximum Gasteiger partial charge on any atom is 0.323 e. The number of pyridine rings is 1. The Bertz CT molecular complexity index is 982. The van der Waals surface area contributed by atoms with Crippen molar-refractivity contribution in [3.8, 4) is 11.1 Å². The van der Waals surface area contributed by atoms with E-state index in [1.54, 1.807) is 24.3 Å². The van der Waals surface area contributed by atoms with E-state index in [0.29, 0.717) is 5.69 Å². The molecule has 3 N–H and O–H groups in total. The van der Waals surface area contributed by atoms with Crippen molar-refractivity contribution in [1.29, 1.82) is 0 Å². The molecule has 0 aliphatic rings. The first-order chi connectivity index (χ1) is 12.1. The van der Waals surface area contributed by atoms with E-state index < -0.39 is 17.4 Å². The van der Waals surface area contributed by atoms with Crippen LogP contribution in [0, 0.1) is 12.7 Å². The van der Waals surface area contributed by atoms with Crippen LogP contribution in [0.1, 0.15) is 5.56 Å². The summed E-state index contributed by atoms with van der Waals surface area (Å²) in [5, 5.41) is 5.32. The zero-order chi connectivity index (χ0) is 17.8. The zero-order valence-corrected chi connectivity index (χ0v) is 13.5. The molecule has 0 unspecified atom stereocenters. The first-order valence-corrected chi connectivity index (χ1v) is 7.66. The number of urea groups is 1. The zero-order valence-electron chi connectivity index (χ0n) is 13.5. The van der Waals surface area contributed by atoms with Gasteiger partial charge in [-0.1, -0.05) is 24.3 Å². The number of hydrogen-bond acceptors (Lipinski definition) is 2. The van der Waals surface area contributed by atoms with Crippen LogP contribution in [0.2, 0.25) is 0 Å². The Morgan fingerprint density at radius 1 is 0.960 bits per heavy atom. The van der Waals surface area contributed by atoms with E-state index in [-0.39, 0.29) is 16.8 Å². The number of carbonyl (C=O) groups excluding carboxylic acids is 1. The number of halogens is 1. The van der Waals surface area contributed by atoms with Crippen molar-refractivity contribution >= 4 is 17.4 Å². The summed E-state index contributed by atoms with van der Waals surface area (Å²) in [6, 6.07) is 14.1. The monoisotopic (exact) mass is 337 g/mol. The molecule has 0 aliphatic heterocycles. The molecule has 2 amide bonds. The number of amides is 2. The summed E-state index contributed by atoms with van der Waals surface area (Å²) in [7, 11) is 0. The van der Waals surface area contributed by atoms with Crippen LogP contribution < -0.4 is 16.2 Å². The summed E-state index contributed by atoms with van der Waals surface area (Å²) < 4.78 is 14.3. The number of nitrogens with one attached hydrogen (secondary N) is 3. The number of anilines is 2. The third-order valence-corrected chi connectivity index (χ3v) is 3.74. The molecule has 0 saturated carbocycles. The van der Waals surface area contributed by atoms with Gasteiger partial charge in [0.25, 0.3) is 5.56 Å². The van der Waals surface area contributed by atoms with E-state index in [0.717, 1.165) is 5.56 Å². The first kappa shape index (κ1) is 16.4. The van der Waals surface area contributed by atoms with Crippen LogP contribution in [0.4, 0.5) is 20.6 Å². The minimum Gasteiger partial charge on any atom is -0.329 e. The second-order valence-corrected chi connectivity index (χ2v) is 5.47. The predicted octanol–water partition coefficient (Wildman–Crippen LogP) is 4.13. The largest absolute Gasteiger partial charge is 0.329 e. The number of aryl methyl sites for hydroxylation is 1. The van der Waals surface area contributed by atoms with Crippen molar-refractivity contribution < 1.29 is 9.18 Å². The molecule has 25 heavy (non-hydrogen) atoms. The highest BCUT2D eigenvalue weighted by Gasteiger charge is 2.15. The Kier molecular flexibility index (Phi) is 4.61. The molecule has 126 valence electrons. The molecular weight excluding hydrogens is 321 g/mol. The fourth-order valence-corrected chi connectivity index (χ4v) is 2.51. The summed E-state index contributed by atoms with van der Waals surface area (Å²) >= 11 is 0. The number of rotatable bonds is 3. The van der Waals surface area contributed by atoms with Crippen LogP contribution in [-0.2, 0) is 0 Å². The van der Waals surface area contributed by atoms with Gasteiger partial charge < -0.3 is 15.6 Å². The lowest BCUT2D eigenvalue weighted by molar-refractivity contribution is 0.262. The van der Waals surface area contributed by atoms with E-state index in [2.05, 4.69) is 15.6 Å². The SMILES string of the molecule is Cc1ccccc1NC(=O)Nc1cccc(F)c1-c1ccc[nH]c1=O. The standard InChI is InChI=1S/C19H16FN3O2/c1-12-6-2-3-9-15(12)22-19(25)23-16-10-4-8-14(20)17(16)13-7-5-11-21-18(13)24/h2-11H,1H3,(H,21,24)(H2,22,23,25). The highest BCUT2D eigenvalue weighted by molar-refractivity contribution is 6.02. The maximum atomic E-state index is 14.3. The first-order valence-electron chi connectivity index (χ1n) is 7.66. The van der Waals surface area contributed by atoms with Crippen molar-refractivity contribution in [2.24, 2.45) is 0 Å². The van der Waals surface area contributed by atoms with Gasteiger partial charge >= 0.3 is 6.03 Å². The third-order valence-electron chi connectivity index (χ3n) is 3.74. The van der Waals surface area contributed by atoms with Gasteiger partial charge in [0, 0.05) is 17.4 Å². The topological polar surface area (TPSA) is 74.0 Å². The van der Waals surface area contributed by atoms with Crippen molar-refractivity contribution in [1.82, 2.24) is 4.98 Å². The van der Waals surface area contributed by atoms with Crippen LogP contribution in [0.3, 0.4) is 0 Å². The van der Waals surface area contributed by atoms with Gasteiger partial charge in [-0.2, -0.15) is 0 Å². The normalized spacial score (nSPS) is 10.3. The molecule has 1 heterocycles. The summed E-state index contributed by atoms with van der Waals surface area (Å²) in [6.45, 7) is 1.87. The molecule has 0 saturated heterocycles. The molecule has 5 nitrogen and oxygen atoms in total. The Labute approximate surface area is 143 Å². The van der Waals surface area contributed by atoms with E-state index in [4.69, 9.17) is 0 Å². The fourth-order valence-electron chi connectivity index (χ4n) is 2.51. The summed E-state index contributed by atoms with van der Waals surface area (Å²) in [5.41, 5.74) is 1.51. The van der Waals surface area contributed by atoms with E-state index in [9.17, 15) is 14.0 Å². The average molecular weight is 337 g/mol. The molecule has 0 bridgehead atoms. The van der Waals surface area contributed by atoms with Crippen LogP contribution >= 0.6 is 0 Å². The smallest absolute Gasteiger partial charge is 0.323 e. The molecule has 6 heteroatoms. The Balaban J connectivity index is 1.92. The number of carbonyl (C=O) groups is 1. The van der Waals surface area contributed by atoms with Gasteiger partial charge in [0.1, 0.15) is 5.82 Å². The second kappa shape index (κ2) is 7.00. The summed E-state index contributed by atoms with van der Waals surface area (Å²) in [4.78, 5) is 26.8. The Morgan fingerprint density at radius 2 is 1.68 bits per heavy atom. The molecule has 3 rings (SSSR count). The lowest BCUT2D eigenvalue weighted by Crippen LogP contribution is -2.21. The van der Waals surface area contributed by atoms with Gasteiger partial charge in [0.05, 0.1) is 11.3 Å². The molecular formula is C19H16FN3O2. The number of para-hydroxylation sites is 1. The Hall–Kier alpha value is -3.41. The molecule has 2 aromatic carbocycles. The average Bonchev–Trinajstić information content (AvgIpc) is 2.58. The number of benzene rings is 2. The van der Waals surface area contributed by atoms with Crippen molar-refractivity contribution in [2.75, 3.05) is 10.6 Å². The molecule has 0 fully saturated rings. The fraction of sp³-hybridized carbons (Fsp3) is 0.0526. The highest BCUT2D eigenvalue weighted by atomic mass is 19.1.